The van der Waals surface area contributed by atoms with Crippen LogP contribution in [0, 0.1) is 5.92 Å². The predicted octanol–water partition coefficient (Wildman–Crippen LogP) is 2.69. The molecule has 0 spiro atoms. The summed E-state index contributed by atoms with van der Waals surface area (Å²) in [7, 11) is 0. The molecule has 2 N–H and O–H groups in total. The summed E-state index contributed by atoms with van der Waals surface area (Å²) in [6, 6.07) is 8.50. The summed E-state index contributed by atoms with van der Waals surface area (Å²) >= 11 is 0. The largest absolute Gasteiger partial charge is 0.389 e. The summed E-state index contributed by atoms with van der Waals surface area (Å²) in [6.07, 6.45) is 3.10. The molecule has 2 rings (SSSR count). The molecule has 1 aromatic carbocycles. The van der Waals surface area contributed by atoms with Crippen LogP contribution in [-0.2, 0) is 11.2 Å². The van der Waals surface area contributed by atoms with Crippen molar-refractivity contribution < 1.29 is 9.84 Å². The van der Waals surface area contributed by atoms with Crippen molar-refractivity contribution in [3.05, 3.63) is 35.4 Å². The molecular weight excluding hydrogens is 250 g/mol. The van der Waals surface area contributed by atoms with Gasteiger partial charge < -0.3 is 15.2 Å². The van der Waals surface area contributed by atoms with E-state index in [1.54, 1.807) is 0 Å². The maximum Gasteiger partial charge on any atom is 0.0897 e. The van der Waals surface area contributed by atoms with Crippen molar-refractivity contribution in [2.45, 2.75) is 45.3 Å². The lowest BCUT2D eigenvalue weighted by Gasteiger charge is -2.26. The van der Waals surface area contributed by atoms with Crippen molar-refractivity contribution in [1.29, 1.82) is 0 Å². The SMILES string of the molecule is CC(C)CNC[C@@H](O)CO[C@H]1CCCc2ccccc21. The lowest BCUT2D eigenvalue weighted by atomic mass is 9.89. The Kier molecular flexibility index (Phi) is 6.02. The van der Waals surface area contributed by atoms with Gasteiger partial charge in [0.15, 0.2) is 0 Å². The molecule has 0 fully saturated rings. The van der Waals surface area contributed by atoms with Crippen LogP contribution >= 0.6 is 0 Å². The molecule has 0 aliphatic heterocycles. The normalized spacial score (nSPS) is 19.9. The molecule has 0 saturated heterocycles. The standard InChI is InChI=1S/C17H27NO2/c1-13(2)10-18-11-15(19)12-20-17-9-5-7-14-6-3-4-8-16(14)17/h3-4,6,8,13,15,17-19H,5,7,9-12H2,1-2H3/t15-,17+/m1/s1. The number of nitrogens with one attached hydrogen (secondary N) is 1. The highest BCUT2D eigenvalue weighted by atomic mass is 16.5. The molecule has 0 bridgehead atoms. The maximum atomic E-state index is 9.95. The number of benzene rings is 1. The number of aryl methyl sites for hydroxylation is 1. The third-order valence-corrected chi connectivity index (χ3v) is 3.74. The Hall–Kier alpha value is -0.900. The Morgan fingerprint density at radius 3 is 2.90 bits per heavy atom. The number of ether oxygens (including phenoxy) is 1. The smallest absolute Gasteiger partial charge is 0.0897 e. The second kappa shape index (κ2) is 7.77. The molecule has 0 heterocycles. The lowest BCUT2D eigenvalue weighted by molar-refractivity contribution is -0.0168. The van der Waals surface area contributed by atoms with E-state index >= 15 is 0 Å². The number of hydrogen-bond donors (Lipinski definition) is 2. The topological polar surface area (TPSA) is 41.5 Å². The van der Waals surface area contributed by atoms with E-state index in [2.05, 4.69) is 43.4 Å². The summed E-state index contributed by atoms with van der Waals surface area (Å²) in [6.45, 7) is 6.27. The van der Waals surface area contributed by atoms with Crippen LogP contribution in [-0.4, -0.2) is 30.9 Å². The van der Waals surface area contributed by atoms with Gasteiger partial charge in [-0.25, -0.2) is 0 Å². The first kappa shape index (κ1) is 15.5. The Balaban J connectivity index is 1.77. The van der Waals surface area contributed by atoms with Gasteiger partial charge in [-0.05, 0) is 42.9 Å². The van der Waals surface area contributed by atoms with E-state index in [0.29, 0.717) is 19.1 Å². The van der Waals surface area contributed by atoms with E-state index < -0.39 is 6.10 Å². The molecular formula is C17H27NO2. The lowest BCUT2D eigenvalue weighted by Crippen LogP contribution is -2.33. The molecule has 112 valence electrons. The zero-order valence-corrected chi connectivity index (χ0v) is 12.6. The minimum absolute atomic E-state index is 0.152. The van der Waals surface area contributed by atoms with Gasteiger partial charge in [0.25, 0.3) is 0 Å². The Morgan fingerprint density at radius 1 is 1.30 bits per heavy atom. The van der Waals surface area contributed by atoms with Gasteiger partial charge >= 0.3 is 0 Å². The van der Waals surface area contributed by atoms with Gasteiger partial charge in [-0.2, -0.15) is 0 Å². The third-order valence-electron chi connectivity index (χ3n) is 3.74. The number of rotatable bonds is 7. The second-order valence-corrected chi connectivity index (χ2v) is 6.12. The predicted molar refractivity (Wildman–Crippen MR) is 81.8 cm³/mol. The van der Waals surface area contributed by atoms with Gasteiger partial charge in [0.2, 0.25) is 0 Å². The van der Waals surface area contributed by atoms with Crippen LogP contribution in [0.1, 0.15) is 43.9 Å². The van der Waals surface area contributed by atoms with Gasteiger partial charge in [-0.15, -0.1) is 0 Å². The quantitative estimate of drug-likeness (QED) is 0.805. The molecule has 3 heteroatoms. The van der Waals surface area contributed by atoms with Crippen LogP contribution in [0.5, 0.6) is 0 Å². The zero-order chi connectivity index (χ0) is 14.4. The van der Waals surface area contributed by atoms with E-state index in [0.717, 1.165) is 19.4 Å². The van der Waals surface area contributed by atoms with Gasteiger partial charge in [-0.1, -0.05) is 38.1 Å². The molecule has 1 aliphatic rings. The Bertz CT molecular complexity index is 406. The Labute approximate surface area is 122 Å². The zero-order valence-electron chi connectivity index (χ0n) is 12.6. The maximum absolute atomic E-state index is 9.95. The minimum atomic E-state index is -0.428. The van der Waals surface area contributed by atoms with Crippen LogP contribution in [0.25, 0.3) is 0 Å². The van der Waals surface area contributed by atoms with Crippen molar-refractivity contribution in [2.75, 3.05) is 19.7 Å². The van der Waals surface area contributed by atoms with Crippen molar-refractivity contribution in [1.82, 2.24) is 5.32 Å². The first-order valence-electron chi connectivity index (χ1n) is 7.75. The summed E-state index contributed by atoms with van der Waals surface area (Å²) in [5.74, 6) is 0.605. The fraction of sp³-hybridized carbons (Fsp3) is 0.647. The van der Waals surface area contributed by atoms with Crippen LogP contribution in [0.2, 0.25) is 0 Å². The molecule has 0 amide bonds. The molecule has 20 heavy (non-hydrogen) atoms. The molecule has 1 aromatic rings. The van der Waals surface area contributed by atoms with Gasteiger partial charge in [0.1, 0.15) is 0 Å². The van der Waals surface area contributed by atoms with Crippen molar-refractivity contribution in [2.24, 2.45) is 5.92 Å². The summed E-state index contributed by atoms with van der Waals surface area (Å²) in [5, 5.41) is 13.2. The highest BCUT2D eigenvalue weighted by molar-refractivity contribution is 5.31. The van der Waals surface area contributed by atoms with Crippen molar-refractivity contribution in [3.63, 3.8) is 0 Å². The van der Waals surface area contributed by atoms with Crippen LogP contribution in [0.4, 0.5) is 0 Å². The number of hydrogen-bond acceptors (Lipinski definition) is 3. The highest BCUT2D eigenvalue weighted by Crippen LogP contribution is 2.32. The van der Waals surface area contributed by atoms with Crippen LogP contribution in [0.15, 0.2) is 24.3 Å². The summed E-state index contributed by atoms with van der Waals surface area (Å²) in [4.78, 5) is 0. The number of aliphatic hydroxyl groups excluding tert-OH is 1. The van der Waals surface area contributed by atoms with Crippen molar-refractivity contribution >= 4 is 0 Å². The van der Waals surface area contributed by atoms with E-state index in [1.807, 2.05) is 0 Å². The van der Waals surface area contributed by atoms with Gasteiger partial charge in [0.05, 0.1) is 18.8 Å². The first-order chi connectivity index (χ1) is 9.66. The van der Waals surface area contributed by atoms with Crippen molar-refractivity contribution in [3.8, 4) is 0 Å². The van der Waals surface area contributed by atoms with Crippen LogP contribution in [0.3, 0.4) is 0 Å². The molecule has 2 atom stereocenters. The van der Waals surface area contributed by atoms with Gasteiger partial charge in [0, 0.05) is 6.54 Å². The summed E-state index contributed by atoms with van der Waals surface area (Å²) < 4.78 is 5.94. The number of fused-ring (bicyclic) bond motifs is 1. The monoisotopic (exact) mass is 277 g/mol. The fourth-order valence-electron chi connectivity index (χ4n) is 2.71. The van der Waals surface area contributed by atoms with E-state index in [4.69, 9.17) is 4.74 Å². The summed E-state index contributed by atoms with van der Waals surface area (Å²) in [5.41, 5.74) is 2.71. The Morgan fingerprint density at radius 2 is 2.10 bits per heavy atom. The second-order valence-electron chi connectivity index (χ2n) is 6.12. The molecule has 0 aromatic heterocycles. The molecule has 0 unspecified atom stereocenters. The highest BCUT2D eigenvalue weighted by Gasteiger charge is 2.21. The van der Waals surface area contributed by atoms with E-state index in [9.17, 15) is 5.11 Å². The third kappa shape index (κ3) is 4.58. The molecule has 3 nitrogen and oxygen atoms in total. The molecule has 0 saturated carbocycles. The first-order valence-corrected chi connectivity index (χ1v) is 7.75. The van der Waals surface area contributed by atoms with Gasteiger partial charge in [-0.3, -0.25) is 0 Å². The fourth-order valence-corrected chi connectivity index (χ4v) is 2.71. The number of aliphatic hydroxyl groups is 1. The van der Waals surface area contributed by atoms with Crippen LogP contribution < -0.4 is 5.32 Å². The molecule has 1 aliphatic carbocycles. The van der Waals surface area contributed by atoms with E-state index in [1.165, 1.54) is 17.5 Å². The molecule has 0 radical (unpaired) electrons. The van der Waals surface area contributed by atoms with E-state index in [-0.39, 0.29) is 6.10 Å². The average Bonchev–Trinajstić information content (AvgIpc) is 2.44. The minimum Gasteiger partial charge on any atom is -0.389 e. The average molecular weight is 277 g/mol.